The van der Waals surface area contributed by atoms with Gasteiger partial charge in [0.2, 0.25) is 0 Å². The third-order valence-corrected chi connectivity index (χ3v) is 4.82. The van der Waals surface area contributed by atoms with Gasteiger partial charge in [0.25, 0.3) is 5.91 Å². The second kappa shape index (κ2) is 14.8. The molecular weight excluding hydrogens is 464 g/mol. The molecule has 0 radical (unpaired) electrons. The minimum Gasteiger partial charge on any atom is -0.478 e. The molecule has 0 heterocycles. The van der Waals surface area contributed by atoms with Crippen LogP contribution in [0.1, 0.15) is 54.2 Å². The van der Waals surface area contributed by atoms with Crippen molar-refractivity contribution in [3.63, 3.8) is 0 Å². The van der Waals surface area contributed by atoms with Gasteiger partial charge >= 0.3 is 11.9 Å². The fourth-order valence-corrected chi connectivity index (χ4v) is 3.06. The maximum Gasteiger partial charge on any atom is 0.337 e. The number of carboxylic acid groups (broad SMARTS) is 1. The quantitative estimate of drug-likeness (QED) is 0.125. The Labute approximate surface area is 201 Å². The van der Waals surface area contributed by atoms with Gasteiger partial charge in [0.05, 0.1) is 37.5 Å². The predicted octanol–water partition coefficient (Wildman–Crippen LogP) is 2.08. The zero-order valence-corrected chi connectivity index (χ0v) is 19.4. The molecule has 0 aliphatic rings. The minimum atomic E-state index is -1.22. The van der Waals surface area contributed by atoms with E-state index in [1.165, 1.54) is 26.4 Å². The van der Waals surface area contributed by atoms with Crippen LogP contribution in [0.5, 0.6) is 0 Å². The molecule has 0 atom stereocenters. The topological polar surface area (TPSA) is 162 Å². The number of ether oxygens (including phenoxy) is 1. The fraction of sp³-hybridized carbons (Fsp3) is 0.348. The molecule has 1 amide bonds. The highest BCUT2D eigenvalue weighted by Crippen LogP contribution is 2.16. The van der Waals surface area contributed by atoms with Crippen molar-refractivity contribution in [2.75, 3.05) is 27.3 Å². The number of carbonyl (C=O) groups is 3. The Morgan fingerprint density at radius 3 is 2.40 bits per heavy atom. The van der Waals surface area contributed by atoms with Crippen LogP contribution in [0.2, 0.25) is 0 Å². The first-order chi connectivity index (χ1) is 16.9. The molecule has 12 nitrogen and oxygen atoms in total. The van der Waals surface area contributed by atoms with Crippen molar-refractivity contribution in [2.24, 2.45) is 0 Å². The highest BCUT2D eigenvalue weighted by molar-refractivity contribution is 6.04. The Kier molecular flexibility index (Phi) is 11.8. The van der Waals surface area contributed by atoms with Crippen LogP contribution >= 0.6 is 0 Å². The minimum absolute atomic E-state index is 0.0167. The summed E-state index contributed by atoms with van der Waals surface area (Å²) in [5, 5.41) is 20.8. The number of hydrogen-bond donors (Lipinski definition) is 4. The Balaban J connectivity index is 1.83. The van der Waals surface area contributed by atoms with Crippen LogP contribution in [0, 0.1) is 0 Å². The van der Waals surface area contributed by atoms with Gasteiger partial charge in [0, 0.05) is 13.1 Å². The number of carbonyl (C=O) groups excluding carboxylic acids is 2. The largest absolute Gasteiger partial charge is 0.478 e. The molecule has 0 saturated carbocycles. The number of methoxy groups -OCH3 is 1. The Bertz CT molecular complexity index is 1010. The molecule has 0 saturated heterocycles. The van der Waals surface area contributed by atoms with E-state index in [9.17, 15) is 19.5 Å². The fourth-order valence-electron chi connectivity index (χ4n) is 3.06. The van der Waals surface area contributed by atoms with Crippen molar-refractivity contribution in [1.82, 2.24) is 10.8 Å². The van der Waals surface area contributed by atoms with Gasteiger partial charge in [0.15, 0.2) is 0 Å². The SMILES string of the molecule is COOCc1ccc(C(=O)O)c(C(=O)NCCCNOCc2cc(C(=O)OC)ccc2COO)c1. The molecule has 0 aliphatic heterocycles. The van der Waals surface area contributed by atoms with Crippen LogP contribution in [-0.4, -0.2) is 55.5 Å². The third-order valence-electron chi connectivity index (χ3n) is 4.82. The summed E-state index contributed by atoms with van der Waals surface area (Å²) in [7, 11) is 2.62. The first-order valence-corrected chi connectivity index (χ1v) is 10.5. The summed E-state index contributed by atoms with van der Waals surface area (Å²) in [5.41, 5.74) is 4.79. The maximum atomic E-state index is 12.5. The Morgan fingerprint density at radius 2 is 1.71 bits per heavy atom. The third kappa shape index (κ3) is 8.72. The maximum absolute atomic E-state index is 12.5. The van der Waals surface area contributed by atoms with Gasteiger partial charge in [-0.15, -0.1) is 0 Å². The standard InChI is InChI=1S/C23H28N2O10/c1-31-23(29)16-5-6-17(14-34-30)18(11-16)13-33-25-9-3-8-24-21(26)20-10-15(12-35-32-2)4-7-19(20)22(27)28/h4-7,10-11,25,30H,3,8-9,12-14H2,1-2H3,(H,24,26)(H,27,28). The van der Waals surface area contributed by atoms with E-state index in [1.54, 1.807) is 24.3 Å². The number of esters is 1. The average molecular weight is 492 g/mol. The first kappa shape index (κ1) is 27.9. The van der Waals surface area contributed by atoms with Crippen LogP contribution < -0.4 is 10.8 Å². The van der Waals surface area contributed by atoms with Gasteiger partial charge in [-0.2, -0.15) is 0 Å². The summed E-state index contributed by atoms with van der Waals surface area (Å²) in [6, 6.07) is 9.07. The zero-order chi connectivity index (χ0) is 25.6. The number of hydrogen-bond acceptors (Lipinski definition) is 10. The number of benzene rings is 2. The zero-order valence-electron chi connectivity index (χ0n) is 19.4. The Hall–Kier alpha value is -3.39. The van der Waals surface area contributed by atoms with E-state index >= 15 is 0 Å². The average Bonchev–Trinajstić information content (AvgIpc) is 2.86. The van der Waals surface area contributed by atoms with Crippen molar-refractivity contribution in [3.8, 4) is 0 Å². The van der Waals surface area contributed by atoms with Gasteiger partial charge in [-0.25, -0.2) is 29.7 Å². The van der Waals surface area contributed by atoms with Crippen molar-refractivity contribution in [3.05, 3.63) is 69.8 Å². The highest BCUT2D eigenvalue weighted by atomic mass is 17.2. The second-order valence-electron chi connectivity index (χ2n) is 7.15. The molecule has 4 N–H and O–H groups in total. The number of nitrogens with one attached hydrogen (secondary N) is 2. The normalized spacial score (nSPS) is 10.7. The van der Waals surface area contributed by atoms with E-state index in [0.717, 1.165) is 0 Å². The molecule has 0 aromatic heterocycles. The predicted molar refractivity (Wildman–Crippen MR) is 120 cm³/mol. The van der Waals surface area contributed by atoms with E-state index in [4.69, 9.17) is 19.7 Å². The number of hydroxylamine groups is 1. The molecule has 2 aromatic carbocycles. The molecule has 12 heteroatoms. The van der Waals surface area contributed by atoms with E-state index in [-0.39, 0.29) is 37.5 Å². The van der Waals surface area contributed by atoms with Crippen LogP contribution in [0.25, 0.3) is 0 Å². The van der Waals surface area contributed by atoms with E-state index < -0.39 is 17.8 Å². The summed E-state index contributed by atoms with van der Waals surface area (Å²) in [4.78, 5) is 54.6. The summed E-state index contributed by atoms with van der Waals surface area (Å²) < 4.78 is 4.70. The first-order valence-electron chi connectivity index (χ1n) is 10.5. The number of carboxylic acids is 1. The highest BCUT2D eigenvalue weighted by Gasteiger charge is 2.17. The van der Waals surface area contributed by atoms with Gasteiger partial charge in [0.1, 0.15) is 13.2 Å². The molecule has 2 rings (SSSR count). The van der Waals surface area contributed by atoms with Crippen molar-refractivity contribution < 1.29 is 49.0 Å². The Morgan fingerprint density at radius 1 is 0.914 bits per heavy atom. The molecule has 0 aliphatic carbocycles. The van der Waals surface area contributed by atoms with Crippen LogP contribution in [0.15, 0.2) is 36.4 Å². The summed E-state index contributed by atoms with van der Waals surface area (Å²) >= 11 is 0. The molecule has 0 unspecified atom stereocenters. The lowest BCUT2D eigenvalue weighted by Gasteiger charge is -2.12. The molecule has 0 fully saturated rings. The second-order valence-corrected chi connectivity index (χ2v) is 7.15. The molecular formula is C23H28N2O10. The van der Waals surface area contributed by atoms with Crippen molar-refractivity contribution in [2.45, 2.75) is 26.2 Å². The number of rotatable bonds is 15. The summed E-state index contributed by atoms with van der Waals surface area (Å²) in [6.45, 7) is 0.689. The summed E-state index contributed by atoms with van der Waals surface area (Å²) in [6.07, 6.45) is 0.482. The number of amides is 1. The van der Waals surface area contributed by atoms with E-state index in [0.29, 0.717) is 35.2 Å². The van der Waals surface area contributed by atoms with Crippen LogP contribution in [0.4, 0.5) is 0 Å². The van der Waals surface area contributed by atoms with Gasteiger partial charge in [-0.05, 0) is 47.4 Å². The van der Waals surface area contributed by atoms with Gasteiger partial charge in [-0.1, -0.05) is 12.1 Å². The van der Waals surface area contributed by atoms with Crippen LogP contribution in [0.3, 0.4) is 0 Å². The van der Waals surface area contributed by atoms with Crippen molar-refractivity contribution in [1.29, 1.82) is 0 Å². The molecule has 0 bridgehead atoms. The van der Waals surface area contributed by atoms with E-state index in [1.807, 2.05) is 0 Å². The molecule has 35 heavy (non-hydrogen) atoms. The van der Waals surface area contributed by atoms with Gasteiger partial charge < -0.3 is 15.2 Å². The molecule has 0 spiro atoms. The monoisotopic (exact) mass is 492 g/mol. The lowest BCUT2D eigenvalue weighted by atomic mass is 10.0. The smallest absolute Gasteiger partial charge is 0.337 e. The van der Waals surface area contributed by atoms with Crippen molar-refractivity contribution >= 4 is 17.8 Å². The van der Waals surface area contributed by atoms with Crippen LogP contribution in [-0.2, 0) is 44.1 Å². The molecule has 190 valence electrons. The lowest BCUT2D eigenvalue weighted by Crippen LogP contribution is -2.29. The number of aromatic carboxylic acids is 1. The lowest BCUT2D eigenvalue weighted by molar-refractivity contribution is -0.282. The molecule has 2 aromatic rings. The van der Waals surface area contributed by atoms with E-state index in [2.05, 4.69) is 20.6 Å². The summed E-state index contributed by atoms with van der Waals surface area (Å²) in [5.74, 6) is -2.25. The van der Waals surface area contributed by atoms with Gasteiger partial charge in [-0.3, -0.25) is 14.9 Å².